The van der Waals surface area contributed by atoms with Crippen LogP contribution in [0.3, 0.4) is 0 Å². The maximum Gasteiger partial charge on any atom is 0.243 e. The molecule has 0 aliphatic carbocycles. The molecule has 3 heteroatoms. The summed E-state index contributed by atoms with van der Waals surface area (Å²) in [5, 5.41) is 0. The molecule has 1 amide bonds. The maximum absolute atomic E-state index is 10.4. The minimum Gasteiger partial charge on any atom is -0.277 e. The van der Waals surface area contributed by atoms with Gasteiger partial charge < -0.3 is 0 Å². The van der Waals surface area contributed by atoms with Gasteiger partial charge in [0.1, 0.15) is 0 Å². The number of amides is 1. The Kier molecular flexibility index (Phi) is 13.7. The van der Waals surface area contributed by atoms with Crippen molar-refractivity contribution < 1.29 is 9.63 Å². The molecule has 0 aromatic rings. The molecule has 0 aromatic carbocycles. The molecule has 3 nitrogen and oxygen atoms in total. The van der Waals surface area contributed by atoms with Crippen molar-refractivity contribution in [2.45, 2.75) is 33.6 Å². The quantitative estimate of drug-likeness (QED) is 0.614. The van der Waals surface area contributed by atoms with E-state index < -0.39 is 0 Å². The summed E-state index contributed by atoms with van der Waals surface area (Å²) in [6, 6.07) is 0. The van der Waals surface area contributed by atoms with Crippen LogP contribution in [0.1, 0.15) is 33.6 Å². The smallest absolute Gasteiger partial charge is 0.243 e. The molecule has 0 unspecified atom stereocenters. The summed E-state index contributed by atoms with van der Waals surface area (Å²) in [5.74, 6) is -0.0602. The van der Waals surface area contributed by atoms with Crippen molar-refractivity contribution in [3.8, 4) is 0 Å². The molecular formula is C7H17NO2. The fourth-order valence-corrected chi connectivity index (χ4v) is 0.392. The molecule has 0 rings (SSSR count). The summed E-state index contributed by atoms with van der Waals surface area (Å²) in [5.41, 5.74) is 2.21. The van der Waals surface area contributed by atoms with E-state index in [4.69, 9.17) is 0 Å². The largest absolute Gasteiger partial charge is 0.277 e. The first-order chi connectivity index (χ1) is 4.81. The highest BCUT2D eigenvalue weighted by molar-refractivity contribution is 5.74. The third kappa shape index (κ3) is 10.4. The lowest BCUT2D eigenvalue weighted by molar-refractivity contribution is -0.131. The SMILES string of the molecule is CC.CCCC(=O)NOC. The Morgan fingerprint density at radius 1 is 1.50 bits per heavy atom. The van der Waals surface area contributed by atoms with Gasteiger partial charge in [-0.05, 0) is 6.42 Å². The van der Waals surface area contributed by atoms with E-state index in [1.807, 2.05) is 20.8 Å². The van der Waals surface area contributed by atoms with E-state index >= 15 is 0 Å². The van der Waals surface area contributed by atoms with Gasteiger partial charge in [0, 0.05) is 6.42 Å². The lowest BCUT2D eigenvalue weighted by Crippen LogP contribution is -2.20. The molecule has 0 fully saturated rings. The molecule has 0 atom stereocenters. The van der Waals surface area contributed by atoms with E-state index in [1.165, 1.54) is 7.11 Å². The number of carbonyl (C=O) groups excluding carboxylic acids is 1. The van der Waals surface area contributed by atoms with Gasteiger partial charge in [-0.1, -0.05) is 20.8 Å². The molecule has 0 radical (unpaired) electrons. The molecule has 62 valence electrons. The third-order valence-electron chi connectivity index (χ3n) is 0.693. The molecule has 0 saturated carbocycles. The number of hydrogen-bond acceptors (Lipinski definition) is 2. The van der Waals surface area contributed by atoms with Crippen LogP contribution < -0.4 is 5.48 Å². The third-order valence-corrected chi connectivity index (χ3v) is 0.693. The van der Waals surface area contributed by atoms with Crippen LogP contribution in [-0.4, -0.2) is 13.0 Å². The fraction of sp³-hybridized carbons (Fsp3) is 0.857. The van der Waals surface area contributed by atoms with E-state index in [2.05, 4.69) is 10.3 Å². The molecule has 0 saturated heterocycles. The Labute approximate surface area is 62.7 Å². The van der Waals surface area contributed by atoms with E-state index in [0.29, 0.717) is 6.42 Å². The van der Waals surface area contributed by atoms with Gasteiger partial charge in [-0.25, -0.2) is 5.48 Å². The average molecular weight is 147 g/mol. The number of carbonyl (C=O) groups is 1. The van der Waals surface area contributed by atoms with Gasteiger partial charge in [0.15, 0.2) is 0 Å². The van der Waals surface area contributed by atoms with Crippen molar-refractivity contribution in [2.75, 3.05) is 7.11 Å². The highest BCUT2D eigenvalue weighted by atomic mass is 16.6. The minimum absolute atomic E-state index is 0.0602. The van der Waals surface area contributed by atoms with Crippen LogP contribution in [-0.2, 0) is 9.63 Å². The molecular weight excluding hydrogens is 130 g/mol. The molecule has 0 spiro atoms. The molecule has 0 bridgehead atoms. The van der Waals surface area contributed by atoms with Gasteiger partial charge >= 0.3 is 0 Å². The van der Waals surface area contributed by atoms with Gasteiger partial charge in [0.05, 0.1) is 7.11 Å². The van der Waals surface area contributed by atoms with Gasteiger partial charge in [-0.15, -0.1) is 0 Å². The Bertz CT molecular complexity index is 66.0. The van der Waals surface area contributed by atoms with Crippen LogP contribution in [0.25, 0.3) is 0 Å². The van der Waals surface area contributed by atoms with Crippen LogP contribution in [0.5, 0.6) is 0 Å². The molecule has 0 aliphatic rings. The van der Waals surface area contributed by atoms with Crippen LogP contribution >= 0.6 is 0 Å². The topological polar surface area (TPSA) is 38.3 Å². The van der Waals surface area contributed by atoms with E-state index in [9.17, 15) is 4.79 Å². The van der Waals surface area contributed by atoms with Gasteiger partial charge in [0.2, 0.25) is 5.91 Å². The summed E-state index contributed by atoms with van der Waals surface area (Å²) in [4.78, 5) is 14.8. The van der Waals surface area contributed by atoms with E-state index in [1.54, 1.807) is 0 Å². The second-order valence-corrected chi connectivity index (χ2v) is 1.48. The first-order valence-electron chi connectivity index (χ1n) is 3.63. The highest BCUT2D eigenvalue weighted by Gasteiger charge is 1.93. The monoisotopic (exact) mass is 147 g/mol. The Morgan fingerprint density at radius 2 is 2.00 bits per heavy atom. The molecule has 0 aliphatic heterocycles. The second kappa shape index (κ2) is 11.3. The minimum atomic E-state index is -0.0602. The number of nitrogens with one attached hydrogen (secondary N) is 1. The van der Waals surface area contributed by atoms with E-state index in [-0.39, 0.29) is 5.91 Å². The molecule has 10 heavy (non-hydrogen) atoms. The van der Waals surface area contributed by atoms with Crippen LogP contribution in [0, 0.1) is 0 Å². The summed E-state index contributed by atoms with van der Waals surface area (Å²) in [6.45, 7) is 5.94. The molecule has 1 N–H and O–H groups in total. The second-order valence-electron chi connectivity index (χ2n) is 1.48. The standard InChI is InChI=1S/C5H11NO2.C2H6/c1-3-4-5(7)6-8-2;1-2/h3-4H2,1-2H3,(H,6,7);1-2H3. The first-order valence-corrected chi connectivity index (χ1v) is 3.63. The summed E-state index contributed by atoms with van der Waals surface area (Å²) in [6.07, 6.45) is 1.39. The Balaban J connectivity index is 0. The van der Waals surface area contributed by atoms with Gasteiger partial charge in [0.25, 0.3) is 0 Å². The summed E-state index contributed by atoms with van der Waals surface area (Å²) < 4.78 is 0. The van der Waals surface area contributed by atoms with Crippen molar-refractivity contribution in [2.24, 2.45) is 0 Å². The van der Waals surface area contributed by atoms with Crippen molar-refractivity contribution in [3.05, 3.63) is 0 Å². The average Bonchev–Trinajstić information content (AvgIpc) is 1.93. The van der Waals surface area contributed by atoms with Crippen LogP contribution in [0.15, 0.2) is 0 Å². The van der Waals surface area contributed by atoms with Crippen LogP contribution in [0.2, 0.25) is 0 Å². The normalized spacial score (nSPS) is 7.60. The maximum atomic E-state index is 10.4. The summed E-state index contributed by atoms with van der Waals surface area (Å²) in [7, 11) is 1.42. The molecule has 0 heterocycles. The van der Waals surface area contributed by atoms with Crippen molar-refractivity contribution in [1.82, 2.24) is 5.48 Å². The number of hydrogen-bond donors (Lipinski definition) is 1. The highest BCUT2D eigenvalue weighted by Crippen LogP contribution is 1.83. The van der Waals surface area contributed by atoms with Crippen molar-refractivity contribution >= 4 is 5.91 Å². The van der Waals surface area contributed by atoms with Crippen LogP contribution in [0.4, 0.5) is 0 Å². The zero-order valence-electron chi connectivity index (χ0n) is 7.23. The zero-order chi connectivity index (χ0) is 8.41. The van der Waals surface area contributed by atoms with E-state index in [0.717, 1.165) is 6.42 Å². The zero-order valence-corrected chi connectivity index (χ0v) is 7.23. The Hall–Kier alpha value is -0.570. The lowest BCUT2D eigenvalue weighted by Gasteiger charge is -1.96. The lowest BCUT2D eigenvalue weighted by atomic mass is 10.3. The van der Waals surface area contributed by atoms with Crippen molar-refractivity contribution in [3.63, 3.8) is 0 Å². The first kappa shape index (κ1) is 12.1. The summed E-state index contributed by atoms with van der Waals surface area (Å²) >= 11 is 0. The predicted molar refractivity (Wildman–Crippen MR) is 41.4 cm³/mol. The Morgan fingerprint density at radius 3 is 2.30 bits per heavy atom. The fourth-order valence-electron chi connectivity index (χ4n) is 0.392. The van der Waals surface area contributed by atoms with Gasteiger partial charge in [-0.2, -0.15) is 0 Å². The number of hydroxylamine groups is 1. The predicted octanol–water partition coefficient (Wildman–Crippen LogP) is 1.49. The molecule has 0 aromatic heterocycles. The van der Waals surface area contributed by atoms with Crippen molar-refractivity contribution in [1.29, 1.82) is 0 Å². The van der Waals surface area contributed by atoms with Gasteiger partial charge in [-0.3, -0.25) is 9.63 Å². The number of rotatable bonds is 3.